The van der Waals surface area contributed by atoms with Crippen molar-refractivity contribution in [1.82, 2.24) is 9.88 Å². The molecule has 1 aromatic rings. The quantitative estimate of drug-likeness (QED) is 0.873. The summed E-state index contributed by atoms with van der Waals surface area (Å²) in [4.78, 5) is 19.8. The van der Waals surface area contributed by atoms with Crippen LogP contribution in [0.4, 0.5) is 5.13 Å². The summed E-state index contributed by atoms with van der Waals surface area (Å²) in [6.07, 6.45) is 2.57. The molecule has 1 unspecified atom stereocenters. The fourth-order valence-corrected chi connectivity index (χ4v) is 3.68. The van der Waals surface area contributed by atoms with Gasteiger partial charge < -0.3 is 10.4 Å². The lowest BCUT2D eigenvalue weighted by Crippen LogP contribution is -2.41. The molecule has 21 heavy (non-hydrogen) atoms. The first-order valence-corrected chi connectivity index (χ1v) is 8.47. The molecule has 1 atom stereocenters. The Hall–Kier alpha value is -0.980. The Bertz CT molecular complexity index is 479. The third kappa shape index (κ3) is 4.49. The Morgan fingerprint density at radius 1 is 1.52 bits per heavy atom. The summed E-state index contributed by atoms with van der Waals surface area (Å²) in [6.45, 7) is 8.11. The van der Waals surface area contributed by atoms with Gasteiger partial charge in [-0.1, -0.05) is 6.92 Å². The van der Waals surface area contributed by atoms with Crippen LogP contribution in [0.2, 0.25) is 0 Å². The van der Waals surface area contributed by atoms with Gasteiger partial charge in [0.05, 0.1) is 18.3 Å². The van der Waals surface area contributed by atoms with Gasteiger partial charge in [0.15, 0.2) is 5.13 Å². The summed E-state index contributed by atoms with van der Waals surface area (Å²) < 4.78 is 0. The van der Waals surface area contributed by atoms with Crippen molar-refractivity contribution in [2.24, 2.45) is 5.92 Å². The van der Waals surface area contributed by atoms with Gasteiger partial charge in [-0.05, 0) is 52.1 Å². The first-order chi connectivity index (χ1) is 9.99. The van der Waals surface area contributed by atoms with Gasteiger partial charge in [-0.25, -0.2) is 4.98 Å². The van der Waals surface area contributed by atoms with E-state index in [4.69, 9.17) is 0 Å². The molecule has 1 aliphatic rings. The zero-order valence-corrected chi connectivity index (χ0v) is 13.9. The fourth-order valence-electron chi connectivity index (χ4n) is 2.76. The number of carbonyl (C=O) groups excluding carboxylic acids is 1. The third-order valence-electron chi connectivity index (χ3n) is 4.16. The lowest BCUT2D eigenvalue weighted by atomic mass is 9.92. The van der Waals surface area contributed by atoms with Crippen LogP contribution in [0.1, 0.15) is 37.3 Å². The van der Waals surface area contributed by atoms with Crippen molar-refractivity contribution in [3.8, 4) is 0 Å². The maximum absolute atomic E-state index is 12.1. The number of anilines is 1. The Kier molecular flexibility index (Phi) is 5.72. The van der Waals surface area contributed by atoms with Gasteiger partial charge in [0.25, 0.3) is 0 Å². The number of carbonyl (C=O) groups is 1. The molecular formula is C15H25N3O2S. The van der Waals surface area contributed by atoms with Gasteiger partial charge in [0.1, 0.15) is 0 Å². The van der Waals surface area contributed by atoms with Crippen LogP contribution in [-0.2, 0) is 11.2 Å². The number of amides is 1. The van der Waals surface area contributed by atoms with Crippen LogP contribution in [0, 0.1) is 12.8 Å². The van der Waals surface area contributed by atoms with Crippen molar-refractivity contribution in [3.63, 3.8) is 0 Å². The number of aliphatic hydroxyl groups excluding tert-OH is 1. The van der Waals surface area contributed by atoms with E-state index in [1.54, 1.807) is 0 Å². The molecule has 0 spiro atoms. The van der Waals surface area contributed by atoms with E-state index < -0.39 is 0 Å². The van der Waals surface area contributed by atoms with Crippen LogP contribution in [0.5, 0.6) is 0 Å². The highest BCUT2D eigenvalue weighted by molar-refractivity contribution is 7.15. The summed E-state index contributed by atoms with van der Waals surface area (Å²) in [6, 6.07) is 0. The van der Waals surface area contributed by atoms with Crippen molar-refractivity contribution in [1.29, 1.82) is 0 Å². The highest BCUT2D eigenvalue weighted by atomic mass is 32.1. The monoisotopic (exact) mass is 311 g/mol. The predicted molar refractivity (Wildman–Crippen MR) is 85.7 cm³/mol. The molecule has 6 heteroatoms. The summed E-state index contributed by atoms with van der Waals surface area (Å²) in [5.74, 6) is 0.375. The van der Waals surface area contributed by atoms with Crippen molar-refractivity contribution < 1.29 is 9.90 Å². The van der Waals surface area contributed by atoms with E-state index in [0.29, 0.717) is 17.6 Å². The Labute approximate surface area is 130 Å². The second-order valence-corrected chi connectivity index (χ2v) is 6.98. The zero-order chi connectivity index (χ0) is 15.4. The molecular weight excluding hydrogens is 286 g/mol. The van der Waals surface area contributed by atoms with Crippen LogP contribution in [0.15, 0.2) is 0 Å². The van der Waals surface area contributed by atoms with E-state index in [1.165, 1.54) is 16.2 Å². The largest absolute Gasteiger partial charge is 0.393 e. The van der Waals surface area contributed by atoms with Gasteiger partial charge >= 0.3 is 0 Å². The molecule has 2 N–H and O–H groups in total. The summed E-state index contributed by atoms with van der Waals surface area (Å²) in [5, 5.41) is 13.2. The average Bonchev–Trinajstić information content (AvgIpc) is 2.79. The van der Waals surface area contributed by atoms with E-state index in [-0.39, 0.29) is 12.0 Å². The minimum Gasteiger partial charge on any atom is -0.393 e. The molecule has 0 aromatic carbocycles. The zero-order valence-electron chi connectivity index (χ0n) is 13.1. The SMILES string of the molecule is CCc1nc(NC(=O)CN2CCC(C(C)O)CC2)sc1C. The molecule has 2 heterocycles. The molecule has 0 bridgehead atoms. The standard InChI is InChI=1S/C15H25N3O2S/c1-4-13-11(3)21-15(16-13)17-14(20)9-18-7-5-12(6-8-18)10(2)19/h10,12,19H,4-9H2,1-3H3,(H,16,17,20). The number of nitrogens with zero attached hydrogens (tertiary/aromatic N) is 2. The highest BCUT2D eigenvalue weighted by Gasteiger charge is 2.23. The number of hydrogen-bond donors (Lipinski definition) is 2. The number of aromatic nitrogens is 1. The summed E-state index contributed by atoms with van der Waals surface area (Å²) >= 11 is 1.54. The molecule has 118 valence electrons. The Morgan fingerprint density at radius 3 is 2.71 bits per heavy atom. The number of rotatable bonds is 5. The van der Waals surface area contributed by atoms with Crippen LogP contribution >= 0.6 is 11.3 Å². The van der Waals surface area contributed by atoms with Crippen molar-refractivity contribution in [3.05, 3.63) is 10.6 Å². The molecule has 1 fully saturated rings. The number of nitrogens with one attached hydrogen (secondary N) is 1. The van der Waals surface area contributed by atoms with Crippen molar-refractivity contribution >= 4 is 22.4 Å². The van der Waals surface area contributed by atoms with Crippen molar-refractivity contribution in [2.75, 3.05) is 25.0 Å². The first kappa shape index (κ1) is 16.4. The number of piperidine rings is 1. The normalized spacial score (nSPS) is 18.7. The van der Waals surface area contributed by atoms with Crippen LogP contribution in [0.25, 0.3) is 0 Å². The first-order valence-electron chi connectivity index (χ1n) is 7.66. The Balaban J connectivity index is 1.80. The van der Waals surface area contributed by atoms with E-state index in [1.807, 2.05) is 13.8 Å². The van der Waals surface area contributed by atoms with E-state index in [0.717, 1.165) is 38.0 Å². The minimum atomic E-state index is -0.244. The van der Waals surface area contributed by atoms with Crippen LogP contribution in [0.3, 0.4) is 0 Å². The molecule has 0 saturated carbocycles. The van der Waals surface area contributed by atoms with Crippen LogP contribution < -0.4 is 5.32 Å². The van der Waals surface area contributed by atoms with Crippen molar-refractivity contribution in [2.45, 2.75) is 46.1 Å². The maximum Gasteiger partial charge on any atom is 0.240 e. The number of hydrogen-bond acceptors (Lipinski definition) is 5. The maximum atomic E-state index is 12.1. The fraction of sp³-hybridized carbons (Fsp3) is 0.733. The lowest BCUT2D eigenvalue weighted by Gasteiger charge is -2.32. The highest BCUT2D eigenvalue weighted by Crippen LogP contribution is 2.23. The van der Waals surface area contributed by atoms with Crippen LogP contribution in [-0.4, -0.2) is 46.6 Å². The van der Waals surface area contributed by atoms with Gasteiger partial charge in [0, 0.05) is 4.88 Å². The summed E-state index contributed by atoms with van der Waals surface area (Å²) in [7, 11) is 0. The minimum absolute atomic E-state index is 0.00176. The number of thiazole rings is 1. The second kappa shape index (κ2) is 7.33. The molecule has 0 aliphatic carbocycles. The topological polar surface area (TPSA) is 65.5 Å². The average molecular weight is 311 g/mol. The molecule has 1 aromatic heterocycles. The molecule has 1 saturated heterocycles. The van der Waals surface area contributed by atoms with E-state index >= 15 is 0 Å². The number of aliphatic hydroxyl groups is 1. The lowest BCUT2D eigenvalue weighted by molar-refractivity contribution is -0.117. The molecule has 0 radical (unpaired) electrons. The van der Waals surface area contributed by atoms with E-state index in [2.05, 4.69) is 22.1 Å². The molecule has 1 aliphatic heterocycles. The molecule has 2 rings (SSSR count). The number of likely N-dealkylation sites (tertiary alicyclic amines) is 1. The van der Waals surface area contributed by atoms with Gasteiger partial charge in [-0.3, -0.25) is 9.69 Å². The smallest absolute Gasteiger partial charge is 0.240 e. The third-order valence-corrected chi connectivity index (χ3v) is 5.08. The van der Waals surface area contributed by atoms with Gasteiger partial charge in [0.2, 0.25) is 5.91 Å². The van der Waals surface area contributed by atoms with Gasteiger partial charge in [-0.15, -0.1) is 11.3 Å². The summed E-state index contributed by atoms with van der Waals surface area (Å²) in [5.41, 5.74) is 1.06. The van der Waals surface area contributed by atoms with Gasteiger partial charge in [-0.2, -0.15) is 0 Å². The Morgan fingerprint density at radius 2 is 2.19 bits per heavy atom. The molecule has 1 amide bonds. The second-order valence-electron chi connectivity index (χ2n) is 5.78. The predicted octanol–water partition coefficient (Wildman–Crippen LogP) is 2.05. The molecule has 5 nitrogen and oxygen atoms in total. The van der Waals surface area contributed by atoms with E-state index in [9.17, 15) is 9.90 Å². The number of aryl methyl sites for hydroxylation is 2.